The fourth-order valence-corrected chi connectivity index (χ4v) is 11.4. The molecule has 286 valence electrons. The molecular weight excluding hydrogens is 673 g/mol. The van der Waals surface area contributed by atoms with Gasteiger partial charge < -0.3 is 14.2 Å². The van der Waals surface area contributed by atoms with Gasteiger partial charge in [-0.05, 0) is 122 Å². The minimum atomic E-state index is -0.404. The molecule has 3 aromatic carbocycles. The summed E-state index contributed by atoms with van der Waals surface area (Å²) in [4.78, 5) is 39.9. The van der Waals surface area contributed by atoms with Crippen molar-refractivity contribution in [3.63, 3.8) is 0 Å². The van der Waals surface area contributed by atoms with Crippen molar-refractivity contribution >= 4 is 17.9 Å². The number of benzene rings is 3. The Labute approximate surface area is 322 Å². The van der Waals surface area contributed by atoms with Crippen molar-refractivity contribution in [2.24, 2.45) is 46.3 Å². The van der Waals surface area contributed by atoms with Crippen molar-refractivity contribution in [2.75, 3.05) is 0 Å². The van der Waals surface area contributed by atoms with E-state index in [2.05, 4.69) is 40.7 Å². The summed E-state index contributed by atoms with van der Waals surface area (Å²) < 4.78 is 18.8. The lowest BCUT2D eigenvalue weighted by atomic mass is 9.46. The molecule has 6 nitrogen and oxygen atoms in total. The molecule has 0 unspecified atom stereocenters. The SMILES string of the molecule is CC(C)[C@H](CC[C@@H](C)[C@H]1CC[C@H]2[C@@H]3CC=C4C[C@@H](OC(=O)c5ccccc5)C[C@H](OC(=O)c5ccccc5)[C@]4(C)[C@H]3CC[C@]12C)OC(=O)c1ccccc1. The van der Waals surface area contributed by atoms with Crippen molar-refractivity contribution in [3.05, 3.63) is 119 Å². The first-order valence-corrected chi connectivity index (χ1v) is 20.5. The molecule has 3 aromatic rings. The topological polar surface area (TPSA) is 78.9 Å². The Balaban J connectivity index is 1.08. The van der Waals surface area contributed by atoms with Crippen molar-refractivity contribution in [1.29, 1.82) is 0 Å². The van der Waals surface area contributed by atoms with Crippen LogP contribution in [0.25, 0.3) is 0 Å². The number of rotatable bonds is 11. The van der Waals surface area contributed by atoms with E-state index in [1.54, 1.807) is 12.1 Å². The smallest absolute Gasteiger partial charge is 0.338 e. The van der Waals surface area contributed by atoms with Crippen molar-refractivity contribution in [3.8, 4) is 0 Å². The molecule has 10 atom stereocenters. The lowest BCUT2D eigenvalue weighted by Gasteiger charge is -2.60. The summed E-state index contributed by atoms with van der Waals surface area (Å²) in [5, 5.41) is 0. The van der Waals surface area contributed by atoms with E-state index in [4.69, 9.17) is 14.2 Å². The van der Waals surface area contributed by atoms with Gasteiger partial charge in [0.05, 0.1) is 16.7 Å². The molecule has 4 aliphatic carbocycles. The third-order valence-corrected chi connectivity index (χ3v) is 14.3. The molecule has 0 saturated heterocycles. The highest BCUT2D eigenvalue weighted by molar-refractivity contribution is 5.90. The van der Waals surface area contributed by atoms with Gasteiger partial charge in [0, 0.05) is 18.3 Å². The summed E-state index contributed by atoms with van der Waals surface area (Å²) in [6.45, 7) is 11.6. The minimum absolute atomic E-state index is 0.111. The van der Waals surface area contributed by atoms with Gasteiger partial charge in [0.15, 0.2) is 0 Å². The van der Waals surface area contributed by atoms with Crippen LogP contribution in [0.5, 0.6) is 0 Å². The Kier molecular flexibility index (Phi) is 11.2. The zero-order valence-corrected chi connectivity index (χ0v) is 32.7. The highest BCUT2D eigenvalue weighted by Crippen LogP contribution is 2.67. The predicted molar refractivity (Wildman–Crippen MR) is 211 cm³/mol. The van der Waals surface area contributed by atoms with E-state index >= 15 is 0 Å². The number of hydrogen-bond acceptors (Lipinski definition) is 6. The fraction of sp³-hybridized carbons (Fsp3) is 0.521. The molecule has 0 aromatic heterocycles. The molecule has 4 aliphatic rings. The van der Waals surface area contributed by atoms with E-state index < -0.39 is 6.10 Å². The van der Waals surface area contributed by atoms with Crippen LogP contribution in [0, 0.1) is 46.3 Å². The summed E-state index contributed by atoms with van der Waals surface area (Å²) in [5.41, 5.74) is 2.86. The molecule has 54 heavy (non-hydrogen) atoms. The molecule has 0 spiro atoms. The molecular formula is C48H58O6. The van der Waals surface area contributed by atoms with Crippen LogP contribution in [0.2, 0.25) is 0 Å². The van der Waals surface area contributed by atoms with Gasteiger partial charge in [-0.2, -0.15) is 0 Å². The van der Waals surface area contributed by atoms with Crippen LogP contribution in [0.4, 0.5) is 0 Å². The van der Waals surface area contributed by atoms with Gasteiger partial charge in [0.1, 0.15) is 18.3 Å². The van der Waals surface area contributed by atoms with Crippen LogP contribution in [0.15, 0.2) is 103 Å². The van der Waals surface area contributed by atoms with Crippen LogP contribution in [0.3, 0.4) is 0 Å². The minimum Gasteiger partial charge on any atom is -0.459 e. The lowest BCUT2D eigenvalue weighted by molar-refractivity contribution is -0.114. The molecule has 0 bridgehead atoms. The maximum Gasteiger partial charge on any atom is 0.338 e. The lowest BCUT2D eigenvalue weighted by Crippen LogP contribution is -2.57. The summed E-state index contributed by atoms with van der Waals surface area (Å²) in [6, 6.07) is 27.7. The average Bonchev–Trinajstić information content (AvgIpc) is 3.55. The van der Waals surface area contributed by atoms with Crippen LogP contribution in [0.1, 0.15) is 123 Å². The molecule has 3 fully saturated rings. The van der Waals surface area contributed by atoms with Gasteiger partial charge in [-0.3, -0.25) is 0 Å². The van der Waals surface area contributed by atoms with Crippen molar-refractivity contribution in [1.82, 2.24) is 0 Å². The second-order valence-corrected chi connectivity index (χ2v) is 17.6. The number of carbonyl (C=O) groups excluding carboxylic acids is 3. The maximum absolute atomic E-state index is 13.7. The summed E-state index contributed by atoms with van der Waals surface area (Å²) in [7, 11) is 0. The summed E-state index contributed by atoms with van der Waals surface area (Å²) in [6.07, 6.45) is 10.3. The van der Waals surface area contributed by atoms with Crippen LogP contribution < -0.4 is 0 Å². The fourth-order valence-electron chi connectivity index (χ4n) is 11.4. The van der Waals surface area contributed by atoms with E-state index in [0.29, 0.717) is 59.1 Å². The number of allylic oxidation sites excluding steroid dienone is 1. The third-order valence-electron chi connectivity index (χ3n) is 14.3. The number of hydrogen-bond donors (Lipinski definition) is 0. The molecule has 0 heterocycles. The van der Waals surface area contributed by atoms with Gasteiger partial charge in [-0.15, -0.1) is 0 Å². The van der Waals surface area contributed by atoms with Gasteiger partial charge in [0.2, 0.25) is 0 Å². The molecule has 3 saturated carbocycles. The second-order valence-electron chi connectivity index (χ2n) is 17.6. The number of carbonyl (C=O) groups is 3. The van der Waals surface area contributed by atoms with E-state index in [9.17, 15) is 14.4 Å². The average molecular weight is 731 g/mol. The van der Waals surface area contributed by atoms with E-state index in [1.165, 1.54) is 18.4 Å². The Morgan fingerprint density at radius 2 is 1.28 bits per heavy atom. The van der Waals surface area contributed by atoms with Gasteiger partial charge in [-0.25, -0.2) is 14.4 Å². The van der Waals surface area contributed by atoms with Crippen molar-refractivity contribution < 1.29 is 28.6 Å². The maximum atomic E-state index is 13.7. The Hall–Kier alpha value is -4.19. The first-order chi connectivity index (χ1) is 26.0. The zero-order valence-electron chi connectivity index (χ0n) is 32.7. The van der Waals surface area contributed by atoms with Crippen LogP contribution >= 0.6 is 0 Å². The first kappa shape index (κ1) is 38.1. The van der Waals surface area contributed by atoms with Crippen LogP contribution in [-0.2, 0) is 14.2 Å². The van der Waals surface area contributed by atoms with Gasteiger partial charge >= 0.3 is 17.9 Å². The van der Waals surface area contributed by atoms with Crippen LogP contribution in [-0.4, -0.2) is 36.2 Å². The summed E-state index contributed by atoms with van der Waals surface area (Å²) in [5.74, 6) is 1.97. The van der Waals surface area contributed by atoms with E-state index in [1.807, 2.05) is 78.9 Å². The summed E-state index contributed by atoms with van der Waals surface area (Å²) >= 11 is 0. The standard InChI is InChI=1S/C48H58O6/c1-31(2)42(53-45(50)34-17-11-7-12-18-34)26-21-32(3)39-24-25-40-38-23-22-36-29-37(52-44(49)33-15-9-6-10-16-33)30-43(54-46(51)35-19-13-8-14-20-35)48(36,5)41(38)27-28-47(39,40)4/h6-20,22,31-32,37-43H,21,23-30H2,1-5H3/t32-,37-,38+,39-,40+,41+,42+,43+,47-,48+/m1/s1. The Morgan fingerprint density at radius 1 is 0.704 bits per heavy atom. The van der Waals surface area contributed by atoms with Gasteiger partial charge in [-0.1, -0.05) is 101 Å². The zero-order chi connectivity index (χ0) is 38.0. The largest absolute Gasteiger partial charge is 0.459 e. The van der Waals surface area contributed by atoms with E-state index in [0.717, 1.165) is 32.1 Å². The Morgan fingerprint density at radius 3 is 1.87 bits per heavy atom. The first-order valence-electron chi connectivity index (χ1n) is 20.5. The molecule has 0 radical (unpaired) electrons. The molecule has 0 N–H and O–H groups in total. The second kappa shape index (κ2) is 15.9. The van der Waals surface area contributed by atoms with Gasteiger partial charge in [0.25, 0.3) is 0 Å². The predicted octanol–water partition coefficient (Wildman–Crippen LogP) is 10.9. The highest BCUT2D eigenvalue weighted by Gasteiger charge is 2.62. The molecule has 0 amide bonds. The van der Waals surface area contributed by atoms with E-state index in [-0.39, 0.29) is 46.9 Å². The Bertz CT molecular complexity index is 1800. The third kappa shape index (κ3) is 7.42. The number of fused-ring (bicyclic) bond motifs is 5. The normalized spacial score (nSPS) is 31.2. The number of ether oxygens (including phenoxy) is 3. The monoisotopic (exact) mass is 730 g/mol. The quantitative estimate of drug-likeness (QED) is 0.111. The number of esters is 3. The van der Waals surface area contributed by atoms with Crippen molar-refractivity contribution in [2.45, 2.75) is 111 Å². The molecule has 0 aliphatic heterocycles. The molecule has 7 rings (SSSR count). The molecule has 6 heteroatoms. The highest BCUT2D eigenvalue weighted by atomic mass is 16.6.